The standard InChI is InChI=1S/C11H22N2O2S/c1-5-6-7-8-10-9-13(10)12-16(14,15)11(2,3)4/h5,10,12H,1,6-9H2,2-4H3. The fourth-order valence-electron chi connectivity index (χ4n) is 1.33. The molecule has 0 radical (unpaired) electrons. The summed E-state index contributed by atoms with van der Waals surface area (Å²) in [7, 11) is -3.24. The Morgan fingerprint density at radius 1 is 1.50 bits per heavy atom. The van der Waals surface area contributed by atoms with Gasteiger partial charge in [-0.15, -0.1) is 11.4 Å². The third kappa shape index (κ3) is 3.57. The third-order valence-electron chi connectivity index (χ3n) is 2.70. The zero-order valence-electron chi connectivity index (χ0n) is 10.4. The van der Waals surface area contributed by atoms with Crippen LogP contribution in [0.3, 0.4) is 0 Å². The largest absolute Gasteiger partial charge is 0.229 e. The van der Waals surface area contributed by atoms with Gasteiger partial charge in [0, 0.05) is 12.6 Å². The van der Waals surface area contributed by atoms with E-state index in [1.165, 1.54) is 0 Å². The Balaban J connectivity index is 2.34. The van der Waals surface area contributed by atoms with Crippen molar-refractivity contribution in [1.82, 2.24) is 9.84 Å². The second kappa shape index (κ2) is 4.85. The zero-order valence-corrected chi connectivity index (χ0v) is 11.2. The molecule has 0 spiro atoms. The molecule has 0 aliphatic carbocycles. The zero-order chi connectivity index (χ0) is 12.4. The number of hydrazine groups is 1. The lowest BCUT2D eigenvalue weighted by atomic mass is 10.2. The van der Waals surface area contributed by atoms with Crippen LogP contribution in [0.25, 0.3) is 0 Å². The highest BCUT2D eigenvalue weighted by atomic mass is 32.2. The maximum Gasteiger partial charge on any atom is 0.229 e. The summed E-state index contributed by atoms with van der Waals surface area (Å²) >= 11 is 0. The molecule has 1 rings (SSSR count). The lowest BCUT2D eigenvalue weighted by molar-refractivity contribution is 0.424. The number of hydrogen-bond donors (Lipinski definition) is 1. The monoisotopic (exact) mass is 246 g/mol. The van der Waals surface area contributed by atoms with Crippen molar-refractivity contribution in [2.45, 2.75) is 50.8 Å². The van der Waals surface area contributed by atoms with Gasteiger partial charge in [0.2, 0.25) is 10.0 Å². The van der Waals surface area contributed by atoms with Crippen LogP contribution in [0.15, 0.2) is 12.7 Å². The Hall–Kier alpha value is -0.390. The highest BCUT2D eigenvalue weighted by Gasteiger charge is 2.40. The van der Waals surface area contributed by atoms with E-state index in [2.05, 4.69) is 11.4 Å². The normalized spacial score (nSPS) is 25.4. The molecule has 0 saturated carbocycles. The summed E-state index contributed by atoms with van der Waals surface area (Å²) in [5.41, 5.74) is 0. The predicted molar refractivity (Wildman–Crippen MR) is 66.4 cm³/mol. The second-order valence-electron chi connectivity index (χ2n) is 5.23. The highest BCUT2D eigenvalue weighted by molar-refractivity contribution is 7.90. The van der Waals surface area contributed by atoms with Gasteiger partial charge in [0.25, 0.3) is 0 Å². The van der Waals surface area contributed by atoms with E-state index in [4.69, 9.17) is 0 Å². The van der Waals surface area contributed by atoms with Gasteiger partial charge in [-0.1, -0.05) is 6.08 Å². The van der Waals surface area contributed by atoms with Crippen molar-refractivity contribution in [2.75, 3.05) is 6.54 Å². The van der Waals surface area contributed by atoms with Gasteiger partial charge in [0.05, 0.1) is 4.75 Å². The van der Waals surface area contributed by atoms with Gasteiger partial charge < -0.3 is 0 Å². The number of allylic oxidation sites excluding steroid dienone is 1. The van der Waals surface area contributed by atoms with E-state index in [1.807, 2.05) is 6.08 Å². The van der Waals surface area contributed by atoms with Crippen molar-refractivity contribution < 1.29 is 8.42 Å². The first-order valence-electron chi connectivity index (χ1n) is 5.67. The van der Waals surface area contributed by atoms with Crippen molar-refractivity contribution in [1.29, 1.82) is 0 Å². The predicted octanol–water partition coefficient (Wildman–Crippen LogP) is 1.66. The molecular weight excluding hydrogens is 224 g/mol. The van der Waals surface area contributed by atoms with Gasteiger partial charge in [-0.2, -0.15) is 0 Å². The SMILES string of the molecule is C=CCCCC1CN1NS(=O)(=O)C(C)(C)C. The van der Waals surface area contributed by atoms with Crippen molar-refractivity contribution in [3.05, 3.63) is 12.7 Å². The highest BCUT2D eigenvalue weighted by Crippen LogP contribution is 2.23. The molecule has 94 valence electrons. The minimum Gasteiger partial charge on any atom is -0.225 e. The minimum atomic E-state index is -3.24. The molecule has 0 aromatic rings. The first-order chi connectivity index (χ1) is 7.28. The maximum atomic E-state index is 11.8. The molecule has 16 heavy (non-hydrogen) atoms. The number of unbranched alkanes of at least 4 members (excludes halogenated alkanes) is 1. The van der Waals surface area contributed by atoms with Crippen molar-refractivity contribution in [2.24, 2.45) is 0 Å². The van der Waals surface area contributed by atoms with Gasteiger partial charge in [-0.25, -0.2) is 13.4 Å². The van der Waals surface area contributed by atoms with Crippen LogP contribution in [0.5, 0.6) is 0 Å². The van der Waals surface area contributed by atoms with E-state index in [-0.39, 0.29) is 0 Å². The van der Waals surface area contributed by atoms with E-state index in [0.717, 1.165) is 25.8 Å². The van der Waals surface area contributed by atoms with E-state index < -0.39 is 14.8 Å². The van der Waals surface area contributed by atoms with Gasteiger partial charge in [-0.05, 0) is 40.0 Å². The summed E-state index contributed by atoms with van der Waals surface area (Å²) in [5.74, 6) is 0. The van der Waals surface area contributed by atoms with Crippen molar-refractivity contribution in [3.63, 3.8) is 0 Å². The van der Waals surface area contributed by atoms with Gasteiger partial charge in [0.15, 0.2) is 0 Å². The van der Waals surface area contributed by atoms with Crippen LogP contribution in [-0.2, 0) is 10.0 Å². The lowest BCUT2D eigenvalue weighted by Gasteiger charge is -2.20. The molecule has 1 aliphatic heterocycles. The molecule has 5 heteroatoms. The molecule has 1 N–H and O–H groups in total. The first kappa shape index (κ1) is 13.7. The molecule has 0 aromatic carbocycles. The molecule has 0 aromatic heterocycles. The second-order valence-corrected chi connectivity index (χ2v) is 7.65. The Kier molecular flexibility index (Phi) is 4.15. The molecular formula is C11H22N2O2S. The van der Waals surface area contributed by atoms with Gasteiger partial charge in [0.1, 0.15) is 0 Å². The Morgan fingerprint density at radius 2 is 2.12 bits per heavy atom. The number of nitrogens with zero attached hydrogens (tertiary/aromatic N) is 1. The van der Waals surface area contributed by atoms with E-state index >= 15 is 0 Å². The molecule has 1 aliphatic rings. The number of hydrogen-bond acceptors (Lipinski definition) is 3. The lowest BCUT2D eigenvalue weighted by Crippen LogP contribution is -2.42. The van der Waals surface area contributed by atoms with Crippen LogP contribution >= 0.6 is 0 Å². The van der Waals surface area contributed by atoms with Crippen LogP contribution in [-0.4, -0.2) is 30.8 Å². The average molecular weight is 246 g/mol. The van der Waals surface area contributed by atoms with Crippen LogP contribution in [0.2, 0.25) is 0 Å². The molecule has 4 nitrogen and oxygen atoms in total. The Labute approximate surface area is 98.7 Å². The Morgan fingerprint density at radius 3 is 2.62 bits per heavy atom. The molecule has 1 saturated heterocycles. The van der Waals surface area contributed by atoms with E-state index in [9.17, 15) is 8.42 Å². The fraction of sp³-hybridized carbons (Fsp3) is 0.818. The van der Waals surface area contributed by atoms with Crippen LogP contribution in [0.1, 0.15) is 40.0 Å². The van der Waals surface area contributed by atoms with Crippen molar-refractivity contribution in [3.8, 4) is 0 Å². The average Bonchev–Trinajstić information content (AvgIpc) is 2.81. The smallest absolute Gasteiger partial charge is 0.225 e. The molecule has 0 amide bonds. The van der Waals surface area contributed by atoms with E-state index in [1.54, 1.807) is 25.8 Å². The summed E-state index contributed by atoms with van der Waals surface area (Å²) in [6.07, 6.45) is 4.99. The number of rotatable bonds is 6. The molecule has 1 fully saturated rings. The summed E-state index contributed by atoms with van der Waals surface area (Å²) < 4.78 is 22.9. The van der Waals surface area contributed by atoms with Crippen LogP contribution in [0, 0.1) is 0 Å². The fourth-order valence-corrected chi connectivity index (χ4v) is 2.13. The quantitative estimate of drug-likeness (QED) is 0.440. The third-order valence-corrected chi connectivity index (χ3v) is 4.79. The summed E-state index contributed by atoms with van der Waals surface area (Å²) in [6.45, 7) is 9.59. The molecule has 2 atom stereocenters. The summed E-state index contributed by atoms with van der Waals surface area (Å²) in [4.78, 5) is 2.63. The summed E-state index contributed by atoms with van der Waals surface area (Å²) in [6, 6.07) is 0.372. The van der Waals surface area contributed by atoms with Crippen molar-refractivity contribution >= 4 is 10.0 Å². The maximum absolute atomic E-state index is 11.8. The van der Waals surface area contributed by atoms with Gasteiger partial charge >= 0.3 is 0 Å². The first-order valence-corrected chi connectivity index (χ1v) is 7.16. The van der Waals surface area contributed by atoms with Crippen LogP contribution < -0.4 is 4.83 Å². The minimum absolute atomic E-state index is 0.372. The van der Waals surface area contributed by atoms with E-state index in [0.29, 0.717) is 6.04 Å². The van der Waals surface area contributed by atoms with Gasteiger partial charge in [-0.3, -0.25) is 0 Å². The summed E-state index contributed by atoms with van der Waals surface area (Å²) in [5, 5.41) is 1.80. The topological polar surface area (TPSA) is 49.2 Å². The molecule has 0 bridgehead atoms. The molecule has 1 heterocycles. The Bertz CT molecular complexity index is 343. The number of nitrogens with one attached hydrogen (secondary N) is 1. The molecule has 2 unspecified atom stereocenters. The number of sulfonamides is 1. The van der Waals surface area contributed by atoms with Crippen LogP contribution in [0.4, 0.5) is 0 Å².